The van der Waals surface area contributed by atoms with Gasteiger partial charge in [-0.15, -0.1) is 0 Å². The van der Waals surface area contributed by atoms with Gasteiger partial charge in [0.05, 0.1) is 12.3 Å². The highest BCUT2D eigenvalue weighted by Gasteiger charge is 2.39. The van der Waals surface area contributed by atoms with Crippen LogP contribution < -0.4 is 15.1 Å². The normalized spacial score (nSPS) is 17.0. The van der Waals surface area contributed by atoms with E-state index in [4.69, 9.17) is 4.74 Å². The number of fused-ring (bicyclic) bond motifs is 1. The number of hydrogen-bond acceptors (Lipinski definition) is 5. The van der Waals surface area contributed by atoms with E-state index in [1.807, 2.05) is 59.5 Å². The van der Waals surface area contributed by atoms with Crippen molar-refractivity contribution in [2.24, 2.45) is 0 Å². The van der Waals surface area contributed by atoms with E-state index in [1.54, 1.807) is 5.01 Å². The lowest BCUT2D eigenvalue weighted by Gasteiger charge is -2.35. The molecule has 2 aliphatic rings. The van der Waals surface area contributed by atoms with Gasteiger partial charge < -0.3 is 10.1 Å². The molecule has 27 heavy (non-hydrogen) atoms. The monoisotopic (exact) mass is 363 g/mol. The van der Waals surface area contributed by atoms with Gasteiger partial charge >= 0.3 is 0 Å². The summed E-state index contributed by atoms with van der Waals surface area (Å²) < 4.78 is 5.78. The van der Waals surface area contributed by atoms with Crippen LogP contribution in [0.25, 0.3) is 5.57 Å². The third-order valence-electron chi connectivity index (χ3n) is 4.87. The standard InChI is InChI=1S/C21H21N3O3/c25-15-18-20-16(9-14-27-17-6-2-1-3-7-17)5-4-8-19(20)24(21(18)26)23-12-10-22-11-13-23/h1-8,22H,9-14H2. The van der Waals surface area contributed by atoms with Crippen molar-refractivity contribution in [3.8, 4) is 5.75 Å². The second kappa shape index (κ2) is 7.76. The highest BCUT2D eigenvalue weighted by atomic mass is 16.5. The number of nitrogens with zero attached hydrogens (tertiary/aromatic N) is 2. The molecule has 138 valence electrons. The quantitative estimate of drug-likeness (QED) is 0.647. The second-order valence-corrected chi connectivity index (χ2v) is 6.52. The Hall–Kier alpha value is -2.92. The zero-order chi connectivity index (χ0) is 18.6. The number of carbonyl (C=O) groups excluding carboxylic acids is 2. The Morgan fingerprint density at radius 1 is 1.04 bits per heavy atom. The first-order valence-electron chi connectivity index (χ1n) is 9.15. The van der Waals surface area contributed by atoms with E-state index in [1.165, 1.54) is 0 Å². The number of nitrogens with one attached hydrogen (secondary N) is 1. The SMILES string of the molecule is O=C=C1C(=O)N(N2CCNCC2)c2cccc(CCOc3ccccc3)c21. The largest absolute Gasteiger partial charge is 0.493 e. The van der Waals surface area contributed by atoms with Gasteiger partial charge in [0.1, 0.15) is 17.3 Å². The molecule has 0 spiro atoms. The molecule has 0 radical (unpaired) electrons. The van der Waals surface area contributed by atoms with E-state index in [2.05, 4.69) is 5.32 Å². The van der Waals surface area contributed by atoms with Crippen LogP contribution >= 0.6 is 0 Å². The fraction of sp³-hybridized carbons (Fsp3) is 0.286. The Labute approximate surface area is 158 Å². The third kappa shape index (κ3) is 3.38. The van der Waals surface area contributed by atoms with Gasteiger partial charge in [-0.05, 0) is 23.8 Å². The lowest BCUT2D eigenvalue weighted by Crippen LogP contribution is -2.53. The van der Waals surface area contributed by atoms with Crippen molar-refractivity contribution in [1.82, 2.24) is 10.3 Å². The Kier molecular flexibility index (Phi) is 5.03. The molecule has 0 aliphatic carbocycles. The van der Waals surface area contributed by atoms with E-state index in [0.29, 0.717) is 18.6 Å². The van der Waals surface area contributed by atoms with Crippen molar-refractivity contribution in [1.29, 1.82) is 0 Å². The van der Waals surface area contributed by atoms with Gasteiger partial charge in [0.25, 0.3) is 5.91 Å². The number of ether oxygens (including phenoxy) is 1. The van der Waals surface area contributed by atoms with Crippen LogP contribution in [0.3, 0.4) is 0 Å². The van der Waals surface area contributed by atoms with Crippen LogP contribution in [0, 0.1) is 0 Å². The average Bonchev–Trinajstić information content (AvgIpc) is 3.01. The van der Waals surface area contributed by atoms with Gasteiger partial charge in [-0.2, -0.15) is 0 Å². The third-order valence-corrected chi connectivity index (χ3v) is 4.87. The summed E-state index contributed by atoms with van der Waals surface area (Å²) in [6.45, 7) is 3.53. The van der Waals surface area contributed by atoms with Gasteiger partial charge in [0.15, 0.2) is 0 Å². The number of hydrogen-bond donors (Lipinski definition) is 1. The molecule has 0 atom stereocenters. The number of amides is 1. The van der Waals surface area contributed by atoms with Crippen LogP contribution in [-0.4, -0.2) is 49.6 Å². The van der Waals surface area contributed by atoms with Crippen LogP contribution in [0.1, 0.15) is 11.1 Å². The number of rotatable bonds is 5. The van der Waals surface area contributed by atoms with Gasteiger partial charge in [-0.1, -0.05) is 30.3 Å². The highest BCUT2D eigenvalue weighted by Crippen LogP contribution is 2.39. The molecule has 1 N–H and O–H groups in total. The maximum Gasteiger partial charge on any atom is 0.284 e. The first-order chi connectivity index (χ1) is 13.3. The summed E-state index contributed by atoms with van der Waals surface area (Å²) in [4.78, 5) is 24.5. The zero-order valence-corrected chi connectivity index (χ0v) is 15.0. The summed E-state index contributed by atoms with van der Waals surface area (Å²) in [5.41, 5.74) is 2.48. The van der Waals surface area contributed by atoms with Crippen molar-refractivity contribution in [3.05, 3.63) is 59.7 Å². The fourth-order valence-electron chi connectivity index (χ4n) is 3.61. The molecule has 1 amide bonds. The molecule has 1 saturated heterocycles. The Bertz CT molecular complexity index is 885. The predicted octanol–water partition coefficient (Wildman–Crippen LogP) is 1.69. The number of piperazine rings is 1. The molecule has 0 aromatic heterocycles. The van der Waals surface area contributed by atoms with Crippen molar-refractivity contribution in [3.63, 3.8) is 0 Å². The molecule has 0 bridgehead atoms. The van der Waals surface area contributed by atoms with Crippen molar-refractivity contribution < 1.29 is 14.3 Å². The van der Waals surface area contributed by atoms with E-state index in [0.717, 1.165) is 43.2 Å². The van der Waals surface area contributed by atoms with Crippen molar-refractivity contribution in [2.75, 3.05) is 37.8 Å². The predicted molar refractivity (Wildman–Crippen MR) is 103 cm³/mol. The molecule has 6 heteroatoms. The average molecular weight is 363 g/mol. The van der Waals surface area contributed by atoms with E-state index < -0.39 is 0 Å². The minimum absolute atomic E-state index is 0.110. The molecule has 2 aromatic carbocycles. The summed E-state index contributed by atoms with van der Waals surface area (Å²) in [6, 6.07) is 15.4. The molecule has 1 fully saturated rings. The van der Waals surface area contributed by atoms with Crippen LogP contribution in [0.5, 0.6) is 5.75 Å². The van der Waals surface area contributed by atoms with Gasteiger partial charge in [0.2, 0.25) is 0 Å². The summed E-state index contributed by atoms with van der Waals surface area (Å²) in [7, 11) is 0. The molecule has 2 aromatic rings. The lowest BCUT2D eigenvalue weighted by molar-refractivity contribution is -0.115. The molecule has 2 aliphatic heterocycles. The zero-order valence-electron chi connectivity index (χ0n) is 15.0. The van der Waals surface area contributed by atoms with Gasteiger partial charge in [-0.3, -0.25) is 4.79 Å². The highest BCUT2D eigenvalue weighted by molar-refractivity contribution is 6.38. The molecular weight excluding hydrogens is 342 g/mol. The van der Waals surface area contributed by atoms with Crippen LogP contribution in [0.2, 0.25) is 0 Å². The Morgan fingerprint density at radius 3 is 2.56 bits per heavy atom. The smallest absolute Gasteiger partial charge is 0.284 e. The molecular formula is C21H21N3O3. The number of para-hydroxylation sites is 1. The number of carbonyl (C=O) groups is 1. The first kappa shape index (κ1) is 17.5. The molecule has 4 rings (SSSR count). The maximum atomic E-state index is 12.9. The summed E-state index contributed by atoms with van der Waals surface area (Å²) >= 11 is 0. The second-order valence-electron chi connectivity index (χ2n) is 6.52. The van der Waals surface area contributed by atoms with Crippen LogP contribution in [0.4, 0.5) is 5.69 Å². The topological polar surface area (TPSA) is 61.9 Å². The molecule has 0 saturated carbocycles. The molecule has 2 heterocycles. The number of hydrazine groups is 1. The summed E-state index contributed by atoms with van der Waals surface area (Å²) in [5.74, 6) is 2.39. The minimum Gasteiger partial charge on any atom is -0.493 e. The van der Waals surface area contributed by atoms with Crippen molar-refractivity contribution in [2.45, 2.75) is 6.42 Å². The summed E-state index contributed by atoms with van der Waals surface area (Å²) in [6.07, 6.45) is 0.603. The Balaban J connectivity index is 1.59. The van der Waals surface area contributed by atoms with E-state index in [-0.39, 0.29) is 11.5 Å². The first-order valence-corrected chi connectivity index (χ1v) is 9.15. The van der Waals surface area contributed by atoms with Gasteiger partial charge in [0, 0.05) is 38.2 Å². The van der Waals surface area contributed by atoms with Crippen LogP contribution in [-0.2, 0) is 16.0 Å². The maximum absolute atomic E-state index is 12.9. The minimum atomic E-state index is -0.293. The molecule has 6 nitrogen and oxygen atoms in total. The van der Waals surface area contributed by atoms with Crippen molar-refractivity contribution >= 4 is 23.1 Å². The number of anilines is 1. The van der Waals surface area contributed by atoms with E-state index in [9.17, 15) is 9.59 Å². The fourth-order valence-corrected chi connectivity index (χ4v) is 3.61. The molecule has 0 unspecified atom stereocenters. The summed E-state index contributed by atoms with van der Waals surface area (Å²) in [5, 5.41) is 6.91. The van der Waals surface area contributed by atoms with Crippen LogP contribution in [0.15, 0.2) is 48.5 Å². The van der Waals surface area contributed by atoms with Gasteiger partial charge in [-0.25, -0.2) is 14.8 Å². The lowest BCUT2D eigenvalue weighted by atomic mass is 9.99. The van der Waals surface area contributed by atoms with E-state index >= 15 is 0 Å². The number of benzene rings is 2. The Morgan fingerprint density at radius 2 is 1.81 bits per heavy atom.